The number of rotatable bonds is 4. The Kier molecular flexibility index (Phi) is 6.26. The van der Waals surface area contributed by atoms with Gasteiger partial charge in [-0.2, -0.15) is 5.10 Å². The van der Waals surface area contributed by atoms with Gasteiger partial charge in [0.2, 0.25) is 5.91 Å². The zero-order valence-corrected chi connectivity index (χ0v) is 19.9. The molecule has 6 nitrogen and oxygen atoms in total. The van der Waals surface area contributed by atoms with E-state index in [1.165, 1.54) is 15.3 Å². The molecule has 0 spiro atoms. The van der Waals surface area contributed by atoms with E-state index in [1.807, 2.05) is 4.90 Å². The molecule has 0 aromatic carbocycles. The van der Waals surface area contributed by atoms with Crippen LogP contribution in [0.5, 0.6) is 0 Å². The zero-order valence-electron chi connectivity index (χ0n) is 18.3. The molecule has 168 valence electrons. The molecule has 2 atom stereocenters. The smallest absolute Gasteiger partial charge is 0.257 e. The van der Waals surface area contributed by atoms with E-state index in [2.05, 4.69) is 46.0 Å². The van der Waals surface area contributed by atoms with Gasteiger partial charge in [0, 0.05) is 48.8 Å². The van der Waals surface area contributed by atoms with Gasteiger partial charge in [0.05, 0.1) is 18.3 Å². The van der Waals surface area contributed by atoms with E-state index in [1.54, 1.807) is 34.6 Å². The van der Waals surface area contributed by atoms with Crippen molar-refractivity contribution in [3.05, 3.63) is 50.4 Å². The number of amides is 2. The molecule has 0 radical (unpaired) electrons. The first-order valence-corrected chi connectivity index (χ1v) is 13.0. The van der Waals surface area contributed by atoms with Gasteiger partial charge in [0.1, 0.15) is 0 Å². The van der Waals surface area contributed by atoms with Crippen molar-refractivity contribution < 1.29 is 9.59 Å². The van der Waals surface area contributed by atoms with Crippen molar-refractivity contribution in [2.45, 2.75) is 32.2 Å². The van der Waals surface area contributed by atoms with Crippen LogP contribution in [0.15, 0.2) is 45.7 Å². The summed E-state index contributed by atoms with van der Waals surface area (Å²) < 4.78 is 0. The highest BCUT2D eigenvalue weighted by molar-refractivity contribution is 7.11. The SMILES string of the molecule is CC(=O)N1CCN(CC(=O)N2N=C3C(=Cc4cccs4)CCCC3C2c2cccs2)CC1. The molecule has 0 bridgehead atoms. The molecular weight excluding hydrogens is 440 g/mol. The van der Waals surface area contributed by atoms with Gasteiger partial charge in [-0.05, 0) is 53.8 Å². The molecule has 2 fully saturated rings. The third kappa shape index (κ3) is 4.31. The van der Waals surface area contributed by atoms with Crippen LogP contribution in [0, 0.1) is 5.92 Å². The van der Waals surface area contributed by atoms with E-state index < -0.39 is 0 Å². The lowest BCUT2D eigenvalue weighted by molar-refractivity contribution is -0.136. The summed E-state index contributed by atoms with van der Waals surface area (Å²) in [7, 11) is 0. The van der Waals surface area contributed by atoms with E-state index in [9.17, 15) is 9.59 Å². The monoisotopic (exact) mass is 468 g/mol. The maximum Gasteiger partial charge on any atom is 0.257 e. The van der Waals surface area contributed by atoms with Gasteiger partial charge in [-0.3, -0.25) is 14.5 Å². The Bertz CT molecular complexity index is 1020. The number of nitrogens with zero attached hydrogens (tertiary/aromatic N) is 4. The molecule has 2 amide bonds. The number of carbonyl (C=O) groups is 2. The second-order valence-electron chi connectivity index (χ2n) is 8.65. The van der Waals surface area contributed by atoms with Crippen LogP contribution in [0.2, 0.25) is 0 Å². The number of piperazine rings is 1. The Morgan fingerprint density at radius 2 is 1.91 bits per heavy atom. The highest BCUT2D eigenvalue weighted by Crippen LogP contribution is 2.45. The first-order valence-electron chi connectivity index (χ1n) is 11.3. The molecule has 4 heterocycles. The first kappa shape index (κ1) is 21.6. The summed E-state index contributed by atoms with van der Waals surface area (Å²) >= 11 is 3.45. The second kappa shape index (κ2) is 9.29. The Hall–Kier alpha value is -2.29. The fourth-order valence-corrected chi connectivity index (χ4v) is 6.53. The van der Waals surface area contributed by atoms with Crippen molar-refractivity contribution in [3.63, 3.8) is 0 Å². The molecular formula is C24H28N4O2S2. The standard InChI is InChI=1S/C24H28N4O2S2/c1-17(29)27-11-9-26(10-12-27)16-22(30)28-24(21-8-4-14-32-21)20-7-2-5-18(23(20)25-28)15-19-6-3-13-31-19/h3-4,6,8,13-15,20,24H,2,5,7,9-12,16H2,1H3. The summed E-state index contributed by atoms with van der Waals surface area (Å²) in [5.41, 5.74) is 2.37. The number of hydrogen-bond acceptors (Lipinski definition) is 6. The summed E-state index contributed by atoms with van der Waals surface area (Å²) in [6, 6.07) is 8.40. The average molecular weight is 469 g/mol. The van der Waals surface area contributed by atoms with E-state index >= 15 is 0 Å². The maximum atomic E-state index is 13.5. The van der Waals surface area contributed by atoms with Gasteiger partial charge in [-0.1, -0.05) is 12.1 Å². The van der Waals surface area contributed by atoms with Crippen molar-refractivity contribution >= 4 is 46.3 Å². The van der Waals surface area contributed by atoms with Crippen molar-refractivity contribution in [1.82, 2.24) is 14.8 Å². The largest absolute Gasteiger partial charge is 0.340 e. The van der Waals surface area contributed by atoms with Crippen molar-refractivity contribution in [1.29, 1.82) is 0 Å². The predicted molar refractivity (Wildman–Crippen MR) is 130 cm³/mol. The van der Waals surface area contributed by atoms with Gasteiger partial charge in [-0.25, -0.2) is 5.01 Å². The minimum absolute atomic E-state index is 0.0111. The van der Waals surface area contributed by atoms with Crippen LogP contribution in [-0.4, -0.2) is 65.1 Å². The number of carbonyl (C=O) groups excluding carboxylic acids is 2. The number of hydrogen-bond donors (Lipinski definition) is 0. The summed E-state index contributed by atoms with van der Waals surface area (Å²) in [5, 5.41) is 10.9. The van der Waals surface area contributed by atoms with Crippen LogP contribution in [0.3, 0.4) is 0 Å². The number of allylic oxidation sites excluding steroid dienone is 1. The minimum Gasteiger partial charge on any atom is -0.340 e. The molecule has 32 heavy (non-hydrogen) atoms. The molecule has 3 aliphatic rings. The van der Waals surface area contributed by atoms with E-state index in [0.717, 1.165) is 38.1 Å². The van der Waals surface area contributed by atoms with Crippen LogP contribution < -0.4 is 0 Å². The van der Waals surface area contributed by atoms with Crippen molar-refractivity contribution in [3.8, 4) is 0 Å². The Labute approximate surface area is 196 Å². The fourth-order valence-electron chi connectivity index (χ4n) is 4.97. The highest BCUT2D eigenvalue weighted by atomic mass is 32.1. The van der Waals surface area contributed by atoms with Crippen molar-refractivity contribution in [2.24, 2.45) is 11.0 Å². The summed E-state index contributed by atoms with van der Waals surface area (Å²) in [5.74, 6) is 0.415. The van der Waals surface area contributed by atoms with Gasteiger partial charge in [0.15, 0.2) is 0 Å². The van der Waals surface area contributed by atoms with E-state index in [4.69, 9.17) is 5.10 Å². The summed E-state index contributed by atoms with van der Waals surface area (Å²) in [6.45, 7) is 4.78. The molecule has 8 heteroatoms. The fraction of sp³-hybridized carbons (Fsp3) is 0.458. The first-order chi connectivity index (χ1) is 15.6. The molecule has 1 saturated heterocycles. The zero-order chi connectivity index (χ0) is 22.1. The van der Waals surface area contributed by atoms with Gasteiger partial charge in [0.25, 0.3) is 5.91 Å². The average Bonchev–Trinajstić information content (AvgIpc) is 3.55. The number of fused-ring (bicyclic) bond motifs is 1. The third-order valence-corrected chi connectivity index (χ3v) is 8.39. The lowest BCUT2D eigenvalue weighted by Gasteiger charge is -2.35. The second-order valence-corrected chi connectivity index (χ2v) is 10.6. The molecule has 0 N–H and O–H groups in total. The van der Waals surface area contributed by atoms with Crippen LogP contribution in [0.1, 0.15) is 42.0 Å². The lowest BCUT2D eigenvalue weighted by atomic mass is 9.79. The molecule has 1 aliphatic carbocycles. The van der Waals surface area contributed by atoms with Crippen LogP contribution in [0.4, 0.5) is 0 Å². The normalized spacial score (nSPS) is 25.2. The Morgan fingerprint density at radius 1 is 1.12 bits per heavy atom. The van der Waals surface area contributed by atoms with E-state index in [0.29, 0.717) is 19.6 Å². The number of thiophene rings is 2. The summed E-state index contributed by atoms with van der Waals surface area (Å²) in [6.07, 6.45) is 5.46. The maximum absolute atomic E-state index is 13.5. The molecule has 2 aromatic rings. The van der Waals surface area contributed by atoms with Gasteiger partial charge >= 0.3 is 0 Å². The highest BCUT2D eigenvalue weighted by Gasteiger charge is 2.44. The predicted octanol–water partition coefficient (Wildman–Crippen LogP) is 4.10. The molecule has 5 rings (SSSR count). The van der Waals surface area contributed by atoms with Crippen LogP contribution >= 0.6 is 22.7 Å². The van der Waals surface area contributed by atoms with Gasteiger partial charge in [-0.15, -0.1) is 22.7 Å². The molecule has 2 aliphatic heterocycles. The van der Waals surface area contributed by atoms with Crippen molar-refractivity contribution in [2.75, 3.05) is 32.7 Å². The van der Waals surface area contributed by atoms with Crippen LogP contribution in [0.25, 0.3) is 6.08 Å². The molecule has 2 unspecified atom stereocenters. The minimum atomic E-state index is -0.0111. The summed E-state index contributed by atoms with van der Waals surface area (Å²) in [4.78, 5) is 31.5. The Balaban J connectivity index is 1.38. The Morgan fingerprint density at radius 3 is 2.59 bits per heavy atom. The van der Waals surface area contributed by atoms with E-state index in [-0.39, 0.29) is 23.8 Å². The van der Waals surface area contributed by atoms with Gasteiger partial charge < -0.3 is 4.90 Å². The number of hydrazone groups is 1. The quantitative estimate of drug-likeness (QED) is 0.679. The molecule has 2 aromatic heterocycles. The van der Waals surface area contributed by atoms with Crippen LogP contribution in [-0.2, 0) is 9.59 Å². The topological polar surface area (TPSA) is 56.2 Å². The lowest BCUT2D eigenvalue weighted by Crippen LogP contribution is -2.50. The molecule has 1 saturated carbocycles. The third-order valence-electron chi connectivity index (χ3n) is 6.63.